The van der Waals surface area contributed by atoms with Gasteiger partial charge in [0, 0.05) is 39.3 Å². The Labute approximate surface area is 95.2 Å². The normalized spacial score (nSPS) is 17.2. The molecule has 0 atom stereocenters. The molecule has 2 N–H and O–H groups in total. The molecule has 0 aromatic rings. The van der Waals surface area contributed by atoms with Crippen molar-refractivity contribution in [2.24, 2.45) is 0 Å². The number of amides is 2. The number of carbonyl (C=O) groups is 2. The van der Waals surface area contributed by atoms with Crippen molar-refractivity contribution in [3.63, 3.8) is 0 Å². The van der Waals surface area contributed by atoms with Gasteiger partial charge in [0.1, 0.15) is 0 Å². The van der Waals surface area contributed by atoms with Crippen molar-refractivity contribution >= 4 is 11.8 Å². The topological polar surface area (TPSA) is 72.9 Å². The third kappa shape index (κ3) is 3.79. The third-order valence-electron chi connectivity index (χ3n) is 2.61. The summed E-state index contributed by atoms with van der Waals surface area (Å²) in [5, 5.41) is 11.0. The van der Waals surface area contributed by atoms with Crippen LogP contribution in [0.3, 0.4) is 0 Å². The second-order valence-electron chi connectivity index (χ2n) is 3.93. The standard InChI is InChI=1S/C10H19N3O3/c1-12-4-6-13(7-5-12)10(16)9(15)11-3-2-8-14/h14H,2-8H2,1H3,(H,11,15). The molecule has 1 heterocycles. The summed E-state index contributed by atoms with van der Waals surface area (Å²) < 4.78 is 0. The van der Waals surface area contributed by atoms with E-state index in [4.69, 9.17) is 5.11 Å². The number of likely N-dealkylation sites (N-methyl/N-ethyl adjacent to an activating group) is 1. The first-order valence-corrected chi connectivity index (χ1v) is 5.51. The summed E-state index contributed by atoms with van der Waals surface area (Å²) >= 11 is 0. The monoisotopic (exact) mass is 229 g/mol. The van der Waals surface area contributed by atoms with Crippen molar-refractivity contribution in [2.45, 2.75) is 6.42 Å². The van der Waals surface area contributed by atoms with Gasteiger partial charge in [0.2, 0.25) is 0 Å². The molecule has 1 aliphatic heterocycles. The maximum atomic E-state index is 11.6. The van der Waals surface area contributed by atoms with Crippen molar-refractivity contribution < 1.29 is 14.7 Å². The highest BCUT2D eigenvalue weighted by molar-refractivity contribution is 6.35. The Kier molecular flexibility index (Phi) is 5.21. The number of piperazine rings is 1. The third-order valence-corrected chi connectivity index (χ3v) is 2.61. The Morgan fingerprint density at radius 1 is 1.25 bits per heavy atom. The lowest BCUT2D eigenvalue weighted by atomic mass is 10.3. The highest BCUT2D eigenvalue weighted by atomic mass is 16.3. The zero-order chi connectivity index (χ0) is 12.0. The SMILES string of the molecule is CN1CCN(C(=O)C(=O)NCCCO)CC1. The summed E-state index contributed by atoms with van der Waals surface area (Å²) in [4.78, 5) is 26.7. The van der Waals surface area contributed by atoms with Gasteiger partial charge >= 0.3 is 11.8 Å². The average molecular weight is 229 g/mol. The number of hydrogen-bond acceptors (Lipinski definition) is 4. The van der Waals surface area contributed by atoms with Gasteiger partial charge in [-0.2, -0.15) is 0 Å². The molecule has 0 aromatic carbocycles. The summed E-state index contributed by atoms with van der Waals surface area (Å²) in [6.45, 7) is 3.16. The Morgan fingerprint density at radius 3 is 2.44 bits per heavy atom. The Hall–Kier alpha value is -1.14. The molecule has 92 valence electrons. The Bertz CT molecular complexity index is 250. The van der Waals surface area contributed by atoms with E-state index in [1.165, 1.54) is 0 Å². The molecule has 1 aliphatic rings. The van der Waals surface area contributed by atoms with Gasteiger partial charge in [-0.1, -0.05) is 0 Å². The first-order chi connectivity index (χ1) is 7.65. The molecular formula is C10H19N3O3. The molecule has 0 aromatic heterocycles. The number of hydrogen-bond donors (Lipinski definition) is 2. The van der Waals surface area contributed by atoms with E-state index in [0.29, 0.717) is 26.1 Å². The van der Waals surface area contributed by atoms with Gasteiger partial charge in [0.15, 0.2) is 0 Å². The van der Waals surface area contributed by atoms with Gasteiger partial charge in [-0.25, -0.2) is 0 Å². The van der Waals surface area contributed by atoms with Gasteiger partial charge < -0.3 is 20.2 Å². The zero-order valence-electron chi connectivity index (χ0n) is 9.61. The summed E-state index contributed by atoms with van der Waals surface area (Å²) in [7, 11) is 1.99. The highest BCUT2D eigenvalue weighted by Gasteiger charge is 2.24. The first-order valence-electron chi connectivity index (χ1n) is 5.51. The van der Waals surface area contributed by atoms with Gasteiger partial charge in [-0.15, -0.1) is 0 Å². The van der Waals surface area contributed by atoms with Crippen LogP contribution >= 0.6 is 0 Å². The van der Waals surface area contributed by atoms with Crippen LogP contribution in [0.4, 0.5) is 0 Å². The van der Waals surface area contributed by atoms with Crippen LogP contribution in [0.2, 0.25) is 0 Å². The van der Waals surface area contributed by atoms with Crippen LogP contribution in [0.1, 0.15) is 6.42 Å². The highest BCUT2D eigenvalue weighted by Crippen LogP contribution is 1.99. The summed E-state index contributed by atoms with van der Waals surface area (Å²) in [6.07, 6.45) is 0.474. The lowest BCUT2D eigenvalue weighted by Crippen LogP contribution is -2.51. The molecule has 16 heavy (non-hydrogen) atoms. The number of carbonyl (C=O) groups excluding carboxylic acids is 2. The fraction of sp³-hybridized carbons (Fsp3) is 0.800. The summed E-state index contributed by atoms with van der Waals surface area (Å²) in [5.74, 6) is -1.04. The van der Waals surface area contributed by atoms with Crippen LogP contribution in [-0.4, -0.2) is 73.1 Å². The number of nitrogens with zero attached hydrogens (tertiary/aromatic N) is 2. The second-order valence-corrected chi connectivity index (χ2v) is 3.93. The van der Waals surface area contributed by atoms with Crippen molar-refractivity contribution in [1.82, 2.24) is 15.1 Å². The van der Waals surface area contributed by atoms with Crippen molar-refractivity contribution in [3.05, 3.63) is 0 Å². The van der Waals surface area contributed by atoms with Gasteiger partial charge in [-0.3, -0.25) is 9.59 Å². The van der Waals surface area contributed by atoms with Crippen molar-refractivity contribution in [1.29, 1.82) is 0 Å². The second kappa shape index (κ2) is 6.44. The molecule has 0 saturated carbocycles. The minimum absolute atomic E-state index is 0.0168. The average Bonchev–Trinajstić information content (AvgIpc) is 2.29. The van der Waals surface area contributed by atoms with E-state index < -0.39 is 11.8 Å². The predicted molar refractivity (Wildman–Crippen MR) is 58.8 cm³/mol. The van der Waals surface area contributed by atoms with E-state index in [9.17, 15) is 9.59 Å². The van der Waals surface area contributed by atoms with E-state index in [1.54, 1.807) is 4.90 Å². The minimum Gasteiger partial charge on any atom is -0.396 e. The molecule has 1 fully saturated rings. The molecule has 6 heteroatoms. The predicted octanol–water partition coefficient (Wildman–Crippen LogP) is -1.74. The molecule has 0 unspecified atom stereocenters. The van der Waals surface area contributed by atoms with Crippen LogP contribution in [-0.2, 0) is 9.59 Å². The van der Waals surface area contributed by atoms with Crippen molar-refractivity contribution in [3.8, 4) is 0 Å². The Morgan fingerprint density at radius 2 is 1.88 bits per heavy atom. The number of aliphatic hydroxyl groups excluding tert-OH is 1. The van der Waals surface area contributed by atoms with Crippen molar-refractivity contribution in [2.75, 3.05) is 46.4 Å². The van der Waals surface area contributed by atoms with Crippen LogP contribution in [0.25, 0.3) is 0 Å². The fourth-order valence-electron chi connectivity index (χ4n) is 1.51. The van der Waals surface area contributed by atoms with Gasteiger partial charge in [0.25, 0.3) is 0 Å². The smallest absolute Gasteiger partial charge is 0.311 e. The molecule has 0 radical (unpaired) electrons. The summed E-state index contributed by atoms with van der Waals surface area (Å²) in [5.41, 5.74) is 0. The maximum absolute atomic E-state index is 11.6. The Balaban J connectivity index is 2.30. The fourth-order valence-corrected chi connectivity index (χ4v) is 1.51. The quantitative estimate of drug-likeness (QED) is 0.445. The van der Waals surface area contributed by atoms with E-state index in [1.807, 2.05) is 7.05 Å². The maximum Gasteiger partial charge on any atom is 0.311 e. The van der Waals surface area contributed by atoms with Gasteiger partial charge in [0.05, 0.1) is 0 Å². The van der Waals surface area contributed by atoms with E-state index in [2.05, 4.69) is 10.2 Å². The first kappa shape index (κ1) is 12.9. The zero-order valence-corrected chi connectivity index (χ0v) is 9.61. The molecular weight excluding hydrogens is 210 g/mol. The molecule has 1 saturated heterocycles. The molecule has 0 spiro atoms. The number of aliphatic hydroxyl groups is 1. The number of rotatable bonds is 3. The van der Waals surface area contributed by atoms with Gasteiger partial charge in [-0.05, 0) is 13.5 Å². The van der Waals surface area contributed by atoms with E-state index in [-0.39, 0.29) is 6.61 Å². The van der Waals surface area contributed by atoms with Crippen LogP contribution in [0.15, 0.2) is 0 Å². The van der Waals surface area contributed by atoms with Crippen LogP contribution < -0.4 is 5.32 Å². The molecule has 0 bridgehead atoms. The lowest BCUT2D eigenvalue weighted by molar-refractivity contribution is -0.146. The molecule has 2 amide bonds. The summed E-state index contributed by atoms with van der Waals surface area (Å²) in [6, 6.07) is 0. The van der Waals surface area contributed by atoms with Crippen LogP contribution in [0, 0.1) is 0 Å². The lowest BCUT2D eigenvalue weighted by Gasteiger charge is -2.31. The van der Waals surface area contributed by atoms with E-state index in [0.717, 1.165) is 13.1 Å². The molecule has 6 nitrogen and oxygen atoms in total. The molecule has 1 rings (SSSR count). The number of nitrogens with one attached hydrogen (secondary N) is 1. The largest absolute Gasteiger partial charge is 0.396 e. The van der Waals surface area contributed by atoms with E-state index >= 15 is 0 Å². The van der Waals surface area contributed by atoms with Crippen LogP contribution in [0.5, 0.6) is 0 Å². The minimum atomic E-state index is -0.571. The molecule has 0 aliphatic carbocycles.